The number of anilines is 3. The zero-order valence-corrected chi connectivity index (χ0v) is 19.4. The minimum absolute atomic E-state index is 0.156. The summed E-state index contributed by atoms with van der Waals surface area (Å²) in [5.41, 5.74) is 8.95. The van der Waals surface area contributed by atoms with Gasteiger partial charge in [-0.2, -0.15) is 0 Å². The quantitative estimate of drug-likeness (QED) is 0.433. The van der Waals surface area contributed by atoms with Gasteiger partial charge in [-0.05, 0) is 61.2 Å². The molecule has 0 amide bonds. The molecule has 9 heteroatoms. The molecule has 170 valence electrons. The first-order valence-corrected chi connectivity index (χ1v) is 11.3. The second-order valence-corrected chi connectivity index (χ2v) is 8.64. The lowest BCUT2D eigenvalue weighted by Gasteiger charge is -2.13. The Morgan fingerprint density at radius 1 is 1.24 bits per heavy atom. The maximum absolute atomic E-state index is 5.88. The normalized spacial score (nSPS) is 15.3. The molecule has 0 fully saturated rings. The van der Waals surface area contributed by atoms with Crippen molar-refractivity contribution in [2.75, 3.05) is 23.8 Å². The maximum Gasteiger partial charge on any atom is 0.289 e. The molecule has 1 aliphatic rings. The Hall–Kier alpha value is -3.72. The molecule has 1 aromatic heterocycles. The van der Waals surface area contributed by atoms with Gasteiger partial charge >= 0.3 is 0 Å². The van der Waals surface area contributed by atoms with Gasteiger partial charge in [-0.15, -0.1) is 0 Å². The van der Waals surface area contributed by atoms with E-state index in [-0.39, 0.29) is 6.04 Å². The molecule has 0 saturated heterocycles. The fourth-order valence-corrected chi connectivity index (χ4v) is 3.65. The number of rotatable bonds is 8. The number of ether oxygens (including phenoxy) is 2. The predicted molar refractivity (Wildman–Crippen MR) is 136 cm³/mol. The average Bonchev–Trinajstić information content (AvgIpc) is 3.22. The van der Waals surface area contributed by atoms with E-state index in [2.05, 4.69) is 32.2 Å². The van der Waals surface area contributed by atoms with E-state index < -0.39 is 0 Å². The Bertz CT molecular complexity index is 1230. The van der Waals surface area contributed by atoms with E-state index in [4.69, 9.17) is 15.2 Å². The highest BCUT2D eigenvalue weighted by molar-refractivity contribution is 8.05. The van der Waals surface area contributed by atoms with Crippen LogP contribution in [0.1, 0.15) is 12.5 Å². The van der Waals surface area contributed by atoms with Gasteiger partial charge in [0.1, 0.15) is 31.1 Å². The highest BCUT2D eigenvalue weighted by Crippen LogP contribution is 2.29. The summed E-state index contributed by atoms with van der Waals surface area (Å²) in [6.45, 7) is 8.97. The molecule has 2 aromatic carbocycles. The summed E-state index contributed by atoms with van der Waals surface area (Å²) in [4.78, 5) is 14.1. The second-order valence-electron chi connectivity index (χ2n) is 7.55. The Balaban J connectivity index is 1.49. The third-order valence-corrected chi connectivity index (χ3v) is 5.57. The highest BCUT2D eigenvalue weighted by Gasteiger charge is 2.15. The van der Waals surface area contributed by atoms with Crippen LogP contribution in [0.2, 0.25) is 0 Å². The van der Waals surface area contributed by atoms with E-state index >= 15 is 0 Å². The zero-order chi connectivity index (χ0) is 23.2. The van der Waals surface area contributed by atoms with Crippen LogP contribution in [0.4, 0.5) is 17.2 Å². The van der Waals surface area contributed by atoms with Crippen LogP contribution in [0.25, 0.3) is 10.9 Å². The fourth-order valence-electron chi connectivity index (χ4n) is 3.25. The van der Waals surface area contributed by atoms with Crippen LogP contribution in [0.5, 0.6) is 5.75 Å². The van der Waals surface area contributed by atoms with Crippen LogP contribution in [0.3, 0.4) is 0 Å². The number of nitrogens with zero attached hydrogens (tertiary/aromatic N) is 3. The van der Waals surface area contributed by atoms with Gasteiger partial charge in [0, 0.05) is 27.9 Å². The second kappa shape index (κ2) is 10.3. The molecular weight excluding hydrogens is 436 g/mol. The summed E-state index contributed by atoms with van der Waals surface area (Å²) in [6, 6.07) is 12.5. The number of nitrogens with two attached hydrogens (primary N) is 1. The first kappa shape index (κ1) is 22.5. The van der Waals surface area contributed by atoms with Crippen molar-refractivity contribution in [3.63, 3.8) is 0 Å². The summed E-state index contributed by atoms with van der Waals surface area (Å²) in [5.74, 6) is 1.50. The van der Waals surface area contributed by atoms with E-state index in [0.717, 1.165) is 38.5 Å². The molecule has 1 aliphatic heterocycles. The van der Waals surface area contributed by atoms with Crippen molar-refractivity contribution in [1.82, 2.24) is 9.97 Å². The van der Waals surface area contributed by atoms with Crippen molar-refractivity contribution in [3.05, 3.63) is 71.4 Å². The van der Waals surface area contributed by atoms with Crippen molar-refractivity contribution < 1.29 is 9.47 Å². The molecular formula is C24H26N6O2S. The van der Waals surface area contributed by atoms with Crippen molar-refractivity contribution in [3.8, 4) is 5.75 Å². The number of benzene rings is 2. The summed E-state index contributed by atoms with van der Waals surface area (Å²) in [5, 5.41) is 9.26. The summed E-state index contributed by atoms with van der Waals surface area (Å²) in [6.07, 6.45) is 3.03. The standard InChI is InChI=1S/C24H26N6O2S/c1-15-10-18(5-7-22(15)31-13-17(3)33-9-8-25)29-23-20-11-19(4-6-21(20)26-14-27-23)30-24-28-16(2)12-32-24/h4-11,14,16H,3,12-13,25H2,1-2H3,(H,28,30)(H,26,27,29)/b9-8-. The number of hydrogen-bond acceptors (Lipinski definition) is 9. The molecule has 0 bridgehead atoms. The molecule has 2 heterocycles. The SMILES string of the molecule is C=C(COc1ccc(Nc2ncnc3ccc(NC4=NC(C)CO4)cc23)cc1C)S/C=C\N. The van der Waals surface area contributed by atoms with Gasteiger partial charge in [0.2, 0.25) is 0 Å². The van der Waals surface area contributed by atoms with Crippen LogP contribution in [-0.2, 0) is 4.74 Å². The van der Waals surface area contributed by atoms with Crippen molar-refractivity contribution in [2.24, 2.45) is 10.7 Å². The van der Waals surface area contributed by atoms with Gasteiger partial charge in [-0.3, -0.25) is 0 Å². The van der Waals surface area contributed by atoms with Crippen LogP contribution in [0.15, 0.2) is 70.8 Å². The number of fused-ring (bicyclic) bond motifs is 1. The first-order chi connectivity index (χ1) is 16.0. The molecule has 0 saturated carbocycles. The molecule has 4 rings (SSSR count). The smallest absolute Gasteiger partial charge is 0.289 e. The molecule has 4 N–H and O–H groups in total. The monoisotopic (exact) mass is 462 g/mol. The van der Waals surface area contributed by atoms with Gasteiger partial charge < -0.3 is 25.8 Å². The Labute approximate surface area is 197 Å². The predicted octanol–water partition coefficient (Wildman–Crippen LogP) is 4.92. The minimum Gasteiger partial charge on any atom is -0.488 e. The lowest BCUT2D eigenvalue weighted by molar-refractivity contribution is 0.322. The Morgan fingerprint density at radius 3 is 2.82 bits per heavy atom. The van der Waals surface area contributed by atoms with E-state index in [1.165, 1.54) is 18.0 Å². The Kier molecular flexibility index (Phi) is 6.99. The molecule has 0 aliphatic carbocycles. The van der Waals surface area contributed by atoms with E-state index in [0.29, 0.717) is 25.1 Å². The van der Waals surface area contributed by atoms with E-state index in [1.807, 2.05) is 50.2 Å². The first-order valence-electron chi connectivity index (χ1n) is 10.5. The molecule has 1 unspecified atom stereocenters. The van der Waals surface area contributed by atoms with Crippen molar-refractivity contribution in [1.29, 1.82) is 0 Å². The number of nitrogens with one attached hydrogen (secondary N) is 2. The van der Waals surface area contributed by atoms with Gasteiger partial charge in [-0.1, -0.05) is 18.3 Å². The van der Waals surface area contributed by atoms with Crippen molar-refractivity contribution >= 4 is 45.9 Å². The summed E-state index contributed by atoms with van der Waals surface area (Å²) < 4.78 is 11.4. The molecule has 0 spiro atoms. The third kappa shape index (κ3) is 5.75. The van der Waals surface area contributed by atoms with E-state index in [1.54, 1.807) is 11.7 Å². The lowest BCUT2D eigenvalue weighted by atomic mass is 10.1. The summed E-state index contributed by atoms with van der Waals surface area (Å²) >= 11 is 1.45. The fraction of sp³-hybridized carbons (Fsp3) is 0.208. The van der Waals surface area contributed by atoms with Crippen LogP contribution < -0.4 is 21.1 Å². The number of aromatic nitrogens is 2. The van der Waals surface area contributed by atoms with E-state index in [9.17, 15) is 0 Å². The molecule has 0 radical (unpaired) electrons. The number of aliphatic imine (C=N–C) groups is 1. The number of thioether (sulfide) groups is 1. The van der Waals surface area contributed by atoms with Gasteiger partial charge in [0.05, 0.1) is 11.6 Å². The minimum atomic E-state index is 0.156. The summed E-state index contributed by atoms with van der Waals surface area (Å²) in [7, 11) is 0. The van der Waals surface area contributed by atoms with Gasteiger partial charge in [0.25, 0.3) is 6.02 Å². The molecule has 3 aromatic rings. The molecule has 1 atom stereocenters. The highest BCUT2D eigenvalue weighted by atomic mass is 32.2. The number of amidine groups is 1. The topological polar surface area (TPSA) is 107 Å². The lowest BCUT2D eigenvalue weighted by Crippen LogP contribution is -2.11. The Morgan fingerprint density at radius 2 is 2.06 bits per heavy atom. The number of hydrogen-bond donors (Lipinski definition) is 3. The molecule has 8 nitrogen and oxygen atoms in total. The van der Waals surface area contributed by atoms with Gasteiger partial charge in [-0.25, -0.2) is 15.0 Å². The number of aryl methyl sites for hydroxylation is 1. The van der Waals surface area contributed by atoms with Crippen molar-refractivity contribution in [2.45, 2.75) is 19.9 Å². The van der Waals surface area contributed by atoms with Crippen LogP contribution >= 0.6 is 11.8 Å². The van der Waals surface area contributed by atoms with Crippen LogP contribution in [-0.4, -0.2) is 35.2 Å². The zero-order valence-electron chi connectivity index (χ0n) is 18.5. The third-order valence-electron chi connectivity index (χ3n) is 4.83. The average molecular weight is 463 g/mol. The largest absolute Gasteiger partial charge is 0.488 e. The maximum atomic E-state index is 5.88. The molecule has 33 heavy (non-hydrogen) atoms. The van der Waals surface area contributed by atoms with Crippen LogP contribution in [0, 0.1) is 6.92 Å². The van der Waals surface area contributed by atoms with Gasteiger partial charge in [0.15, 0.2) is 0 Å².